The lowest BCUT2D eigenvalue weighted by molar-refractivity contribution is 0.0876. The summed E-state index contributed by atoms with van der Waals surface area (Å²) in [7, 11) is -5.01. The molecule has 2 aromatic carbocycles. The van der Waals surface area contributed by atoms with E-state index < -0.39 is 22.8 Å². The second-order valence-corrected chi connectivity index (χ2v) is 20.8. The molecule has 42 heavy (non-hydrogen) atoms. The van der Waals surface area contributed by atoms with Crippen LogP contribution in [-0.2, 0) is 21.5 Å². The molecule has 0 spiro atoms. The van der Waals surface area contributed by atoms with Gasteiger partial charge in [-0.05, 0) is 68.6 Å². The van der Waals surface area contributed by atoms with Crippen molar-refractivity contribution in [2.45, 2.75) is 77.2 Å². The van der Waals surface area contributed by atoms with Crippen molar-refractivity contribution in [2.24, 2.45) is 0 Å². The van der Waals surface area contributed by atoms with Gasteiger partial charge in [0.2, 0.25) is 10.0 Å². The summed E-state index contributed by atoms with van der Waals surface area (Å²) in [5, 5.41) is 10.4. The van der Waals surface area contributed by atoms with Crippen LogP contribution in [-0.4, -0.2) is 41.4 Å². The Morgan fingerprint density at radius 3 is 2.62 bits per heavy atom. The molecule has 0 saturated carbocycles. The zero-order valence-electron chi connectivity index (χ0n) is 25.6. The summed E-state index contributed by atoms with van der Waals surface area (Å²) in [5.74, 6) is 0.650. The first kappa shape index (κ1) is 30.0. The normalized spacial score (nSPS) is 18.4. The number of fused-ring (bicyclic) bond motifs is 2. The Labute approximate surface area is 250 Å². The first-order valence-electron chi connectivity index (χ1n) is 14.5. The van der Waals surface area contributed by atoms with Crippen LogP contribution in [0.1, 0.15) is 55.6 Å². The van der Waals surface area contributed by atoms with Gasteiger partial charge in [0.05, 0.1) is 28.2 Å². The predicted molar refractivity (Wildman–Crippen MR) is 173 cm³/mol. The molecule has 2 unspecified atom stereocenters. The molecule has 7 nitrogen and oxygen atoms in total. The van der Waals surface area contributed by atoms with Gasteiger partial charge in [-0.15, -0.1) is 0 Å². The highest BCUT2D eigenvalue weighted by Crippen LogP contribution is 2.38. The van der Waals surface area contributed by atoms with Crippen molar-refractivity contribution < 1.29 is 13.2 Å². The number of hydrogen-bond acceptors (Lipinski definition) is 5. The van der Waals surface area contributed by atoms with Gasteiger partial charge >= 0.3 is 0 Å². The van der Waals surface area contributed by atoms with Crippen molar-refractivity contribution in [3.63, 3.8) is 0 Å². The average Bonchev–Trinajstić information content (AvgIpc) is 3.53. The molecule has 0 amide bonds. The van der Waals surface area contributed by atoms with Gasteiger partial charge in [0.1, 0.15) is 17.3 Å². The number of hydrogen-bond donors (Lipinski definition) is 0. The minimum Gasteiger partial charge on any atom is -0.361 e. The van der Waals surface area contributed by atoms with Gasteiger partial charge in [-0.25, -0.2) is 17.4 Å². The van der Waals surface area contributed by atoms with Crippen LogP contribution in [0.5, 0.6) is 0 Å². The van der Waals surface area contributed by atoms with E-state index in [1.807, 2.05) is 56.3 Å². The molecule has 0 radical (unpaired) electrons. The average molecular weight is 601 g/mol. The smallest absolute Gasteiger partial charge is 0.248 e. The maximum atomic E-state index is 14.1. The Bertz CT molecular complexity index is 1890. The van der Waals surface area contributed by atoms with Gasteiger partial charge in [0.15, 0.2) is 0 Å². The summed E-state index contributed by atoms with van der Waals surface area (Å²) in [4.78, 5) is 5.01. The highest BCUT2D eigenvalue weighted by molar-refractivity contribution is 7.91. The number of nitriles is 1. The highest BCUT2D eigenvalue weighted by Gasteiger charge is 2.39. The lowest BCUT2D eigenvalue weighted by atomic mass is 9.95. The predicted octanol–water partition coefficient (Wildman–Crippen LogP) is 7.48. The maximum absolute atomic E-state index is 14.1. The van der Waals surface area contributed by atoms with Crippen molar-refractivity contribution in [3.05, 3.63) is 88.9 Å². The summed E-state index contributed by atoms with van der Waals surface area (Å²) in [6.45, 7) is 15.8. The highest BCUT2D eigenvalue weighted by atomic mass is 32.2. The second kappa shape index (κ2) is 11.0. The Balaban J connectivity index is 1.60. The summed E-state index contributed by atoms with van der Waals surface area (Å²) in [5.41, 5.74) is 5.75. The fourth-order valence-corrected chi connectivity index (χ4v) is 8.37. The molecule has 2 aromatic heterocycles. The molecule has 2 heterocycles. The van der Waals surface area contributed by atoms with E-state index in [0.29, 0.717) is 30.8 Å². The molecule has 0 fully saturated rings. The zero-order chi connectivity index (χ0) is 30.4. The summed E-state index contributed by atoms with van der Waals surface area (Å²) in [6.07, 6.45) is 7.88. The number of allylic oxidation sites excluding steroid dienone is 3. The van der Waals surface area contributed by atoms with Gasteiger partial charge in [-0.2, -0.15) is 5.26 Å². The van der Waals surface area contributed by atoms with Crippen LogP contribution in [0.15, 0.2) is 66.4 Å². The molecule has 0 saturated heterocycles. The molecule has 5 rings (SSSR count). The Kier molecular flexibility index (Phi) is 7.86. The molecule has 1 aliphatic carbocycles. The number of aromatic nitrogens is 3. The minimum atomic E-state index is -3.75. The van der Waals surface area contributed by atoms with Crippen LogP contribution in [0.25, 0.3) is 21.9 Å². The maximum Gasteiger partial charge on any atom is 0.248 e. The first-order valence-corrected chi connectivity index (χ1v) is 19.6. The van der Waals surface area contributed by atoms with E-state index >= 15 is 0 Å². The van der Waals surface area contributed by atoms with E-state index in [0.717, 1.165) is 45.0 Å². The van der Waals surface area contributed by atoms with Crippen LogP contribution in [0.2, 0.25) is 25.7 Å². The van der Waals surface area contributed by atoms with E-state index in [1.165, 1.54) is 3.97 Å². The molecule has 0 aliphatic heterocycles. The standard InChI is InChI=1S/C33H40N4O3SSi/c1-23-9-8-15-33(4,20-23)41(38,39)37-16-14-28-27(12-10-24(2)31(28)37)25(3)32-35-29-13-11-26(21-34)19-30(29)36(32)22-40-17-18-42(5,6)7/h8-14,16,19-20,25H,15,17-18,22H2,1-7H3. The zero-order valence-corrected chi connectivity index (χ0v) is 27.4. The van der Waals surface area contributed by atoms with E-state index in [4.69, 9.17) is 9.72 Å². The number of benzene rings is 2. The molecule has 1 aliphatic rings. The molecular weight excluding hydrogens is 561 g/mol. The van der Waals surface area contributed by atoms with E-state index in [-0.39, 0.29) is 5.92 Å². The van der Waals surface area contributed by atoms with Gasteiger partial charge < -0.3 is 9.30 Å². The van der Waals surface area contributed by atoms with Crippen LogP contribution < -0.4 is 0 Å². The number of ether oxygens (including phenoxy) is 1. The summed E-state index contributed by atoms with van der Waals surface area (Å²) in [6, 6.07) is 14.8. The topological polar surface area (TPSA) is 89.9 Å². The molecule has 9 heteroatoms. The third kappa shape index (κ3) is 5.39. The van der Waals surface area contributed by atoms with Crippen molar-refractivity contribution in [1.82, 2.24) is 13.5 Å². The first-order chi connectivity index (χ1) is 19.8. The van der Waals surface area contributed by atoms with Crippen LogP contribution in [0.3, 0.4) is 0 Å². The van der Waals surface area contributed by atoms with Crippen molar-refractivity contribution in [3.8, 4) is 6.07 Å². The molecule has 2 atom stereocenters. The second-order valence-electron chi connectivity index (χ2n) is 12.9. The van der Waals surface area contributed by atoms with Crippen molar-refractivity contribution in [2.75, 3.05) is 6.61 Å². The largest absolute Gasteiger partial charge is 0.361 e. The molecule has 4 aromatic rings. The van der Waals surface area contributed by atoms with Gasteiger partial charge in [-0.1, -0.05) is 62.5 Å². The van der Waals surface area contributed by atoms with Crippen LogP contribution in [0, 0.1) is 18.3 Å². The number of rotatable bonds is 9. The Morgan fingerprint density at radius 2 is 1.93 bits per heavy atom. The number of nitrogens with zero attached hydrogens (tertiary/aromatic N) is 4. The molecule has 0 bridgehead atoms. The van der Waals surface area contributed by atoms with Gasteiger partial charge in [-0.3, -0.25) is 0 Å². The number of aryl methyl sites for hydroxylation is 1. The van der Waals surface area contributed by atoms with E-state index in [1.54, 1.807) is 19.2 Å². The van der Waals surface area contributed by atoms with Crippen LogP contribution >= 0.6 is 0 Å². The van der Waals surface area contributed by atoms with Crippen molar-refractivity contribution >= 4 is 40.0 Å². The van der Waals surface area contributed by atoms with Crippen molar-refractivity contribution in [1.29, 1.82) is 5.26 Å². The monoisotopic (exact) mass is 600 g/mol. The Hall–Kier alpha value is -3.45. The minimum absolute atomic E-state index is 0.166. The number of imidazole rings is 1. The van der Waals surface area contributed by atoms with Gasteiger partial charge in [0.25, 0.3) is 0 Å². The van der Waals surface area contributed by atoms with Crippen LogP contribution in [0.4, 0.5) is 0 Å². The summed E-state index contributed by atoms with van der Waals surface area (Å²) >= 11 is 0. The fourth-order valence-electron chi connectivity index (χ4n) is 5.82. The quantitative estimate of drug-likeness (QED) is 0.147. The van der Waals surface area contributed by atoms with E-state index in [2.05, 4.69) is 43.3 Å². The lowest BCUT2D eigenvalue weighted by Gasteiger charge is -2.29. The Morgan fingerprint density at radius 1 is 1.17 bits per heavy atom. The molecular formula is C33H40N4O3SSi. The fraction of sp³-hybridized carbons (Fsp3) is 0.394. The third-order valence-corrected chi connectivity index (χ3v) is 12.3. The lowest BCUT2D eigenvalue weighted by Crippen LogP contribution is -2.38. The molecule has 0 N–H and O–H groups in total. The molecule has 220 valence electrons. The van der Waals surface area contributed by atoms with Gasteiger partial charge in [0, 0.05) is 32.2 Å². The third-order valence-electron chi connectivity index (χ3n) is 8.31. The van der Waals surface area contributed by atoms with E-state index in [9.17, 15) is 13.7 Å². The SMILES string of the molecule is CC1=CC(C)(S(=O)(=O)n2ccc3c(C(C)c4nc5ccc(C#N)cc5n4COCC[Si](C)(C)C)ccc(C)c32)CC=C1. The summed E-state index contributed by atoms with van der Waals surface area (Å²) < 4.78 is 36.9.